The van der Waals surface area contributed by atoms with Crippen molar-refractivity contribution in [1.29, 1.82) is 0 Å². The lowest BCUT2D eigenvalue weighted by Crippen LogP contribution is -1.88. The van der Waals surface area contributed by atoms with E-state index in [1.807, 2.05) is 36.4 Å². The van der Waals surface area contributed by atoms with Gasteiger partial charge in [0, 0.05) is 10.0 Å². The Balaban J connectivity index is 1.76. The third-order valence-electron chi connectivity index (χ3n) is 3.85. The fourth-order valence-corrected chi connectivity index (χ4v) is 3.75. The molecule has 0 saturated carbocycles. The molecule has 118 valence electrons. The number of anilines is 1. The molecule has 0 bridgehead atoms. The van der Waals surface area contributed by atoms with Crippen molar-refractivity contribution < 1.29 is 4.42 Å². The van der Waals surface area contributed by atoms with Gasteiger partial charge in [0.1, 0.15) is 5.52 Å². The molecular formula is C19H12Br2N2O. The zero-order valence-corrected chi connectivity index (χ0v) is 15.6. The minimum atomic E-state index is 0.572. The Kier molecular flexibility index (Phi) is 3.90. The summed E-state index contributed by atoms with van der Waals surface area (Å²) in [5.74, 6) is 0.572. The number of nitrogen functional groups attached to an aromatic ring is 1. The maximum atomic E-state index is 6.00. The smallest absolute Gasteiger partial charge is 0.227 e. The molecule has 0 saturated heterocycles. The van der Waals surface area contributed by atoms with Crippen LogP contribution >= 0.6 is 31.9 Å². The van der Waals surface area contributed by atoms with Gasteiger partial charge in [-0.25, -0.2) is 4.98 Å². The lowest BCUT2D eigenvalue weighted by atomic mass is 10.0. The van der Waals surface area contributed by atoms with Crippen molar-refractivity contribution in [2.75, 3.05) is 5.73 Å². The number of fused-ring (bicyclic) bond motifs is 1. The van der Waals surface area contributed by atoms with E-state index in [4.69, 9.17) is 10.2 Å². The molecule has 24 heavy (non-hydrogen) atoms. The number of nitrogens with two attached hydrogens (primary N) is 1. The number of aromatic nitrogens is 1. The molecule has 0 aliphatic rings. The van der Waals surface area contributed by atoms with Gasteiger partial charge in [-0.05, 0) is 61.2 Å². The average molecular weight is 444 g/mol. The second kappa shape index (κ2) is 6.07. The molecule has 3 aromatic carbocycles. The number of hydrogen-bond acceptors (Lipinski definition) is 3. The fraction of sp³-hybridized carbons (Fsp3) is 0. The number of oxazole rings is 1. The van der Waals surface area contributed by atoms with Crippen molar-refractivity contribution in [3.05, 3.63) is 69.6 Å². The van der Waals surface area contributed by atoms with Crippen LogP contribution in [0.5, 0.6) is 0 Å². The van der Waals surface area contributed by atoms with Crippen LogP contribution in [0.4, 0.5) is 5.69 Å². The maximum absolute atomic E-state index is 6.00. The molecule has 3 nitrogen and oxygen atoms in total. The predicted octanol–water partition coefficient (Wildman–Crippen LogP) is 6.27. The molecule has 0 amide bonds. The summed E-state index contributed by atoms with van der Waals surface area (Å²) in [6, 6.07) is 20.3. The Labute approximate surface area is 155 Å². The Hall–Kier alpha value is -2.11. The zero-order valence-electron chi connectivity index (χ0n) is 12.5. The third-order valence-corrected chi connectivity index (χ3v) is 5.29. The van der Waals surface area contributed by atoms with Crippen molar-refractivity contribution >= 4 is 48.6 Å². The lowest BCUT2D eigenvalue weighted by Gasteiger charge is -2.02. The quantitative estimate of drug-likeness (QED) is 0.371. The van der Waals surface area contributed by atoms with E-state index >= 15 is 0 Å². The monoisotopic (exact) mass is 442 g/mol. The summed E-state index contributed by atoms with van der Waals surface area (Å²) in [4.78, 5) is 4.57. The first kappa shape index (κ1) is 15.4. The van der Waals surface area contributed by atoms with Gasteiger partial charge in [0.2, 0.25) is 5.89 Å². The van der Waals surface area contributed by atoms with Gasteiger partial charge in [0.05, 0.1) is 10.2 Å². The van der Waals surface area contributed by atoms with Crippen LogP contribution in [0, 0.1) is 0 Å². The van der Waals surface area contributed by atoms with Gasteiger partial charge >= 0.3 is 0 Å². The average Bonchev–Trinajstić information content (AvgIpc) is 3.05. The highest BCUT2D eigenvalue weighted by Crippen LogP contribution is 2.37. The van der Waals surface area contributed by atoms with Crippen LogP contribution in [0.3, 0.4) is 0 Å². The summed E-state index contributed by atoms with van der Waals surface area (Å²) in [5.41, 5.74) is 11.3. The SMILES string of the molecule is Nc1c(Br)cc2nc(-c3ccc(-c4ccccc4)cc3)oc2c1Br. The minimum absolute atomic E-state index is 0.572. The normalized spacial score (nSPS) is 11.1. The van der Waals surface area contributed by atoms with Gasteiger partial charge in [0.15, 0.2) is 5.58 Å². The summed E-state index contributed by atoms with van der Waals surface area (Å²) in [7, 11) is 0. The van der Waals surface area contributed by atoms with E-state index in [0.717, 1.165) is 21.1 Å². The molecule has 0 fully saturated rings. The van der Waals surface area contributed by atoms with Gasteiger partial charge in [0.25, 0.3) is 0 Å². The number of nitrogens with zero attached hydrogens (tertiary/aromatic N) is 1. The summed E-state index contributed by atoms with van der Waals surface area (Å²) >= 11 is 6.90. The first-order chi connectivity index (χ1) is 11.6. The van der Waals surface area contributed by atoms with E-state index in [1.165, 1.54) is 5.56 Å². The van der Waals surface area contributed by atoms with E-state index in [0.29, 0.717) is 21.6 Å². The first-order valence-corrected chi connectivity index (χ1v) is 8.92. The number of hydrogen-bond donors (Lipinski definition) is 1. The topological polar surface area (TPSA) is 52.0 Å². The summed E-state index contributed by atoms with van der Waals surface area (Å²) < 4.78 is 7.41. The van der Waals surface area contributed by atoms with Crippen LogP contribution in [0.1, 0.15) is 0 Å². The molecule has 1 heterocycles. The van der Waals surface area contributed by atoms with Crippen LogP contribution < -0.4 is 5.73 Å². The highest BCUT2D eigenvalue weighted by Gasteiger charge is 2.15. The molecule has 0 aliphatic heterocycles. The van der Waals surface area contributed by atoms with Crippen LogP contribution in [-0.2, 0) is 0 Å². The van der Waals surface area contributed by atoms with Crippen molar-refractivity contribution in [1.82, 2.24) is 4.98 Å². The van der Waals surface area contributed by atoms with E-state index in [2.05, 4.69) is 61.1 Å². The molecule has 0 atom stereocenters. The van der Waals surface area contributed by atoms with Gasteiger partial charge in [-0.15, -0.1) is 0 Å². The van der Waals surface area contributed by atoms with Crippen molar-refractivity contribution in [3.63, 3.8) is 0 Å². The standard InChI is InChI=1S/C19H12Br2N2O/c20-14-10-15-18(16(21)17(14)22)24-19(23-15)13-8-6-12(7-9-13)11-4-2-1-3-5-11/h1-10H,22H2. The maximum Gasteiger partial charge on any atom is 0.227 e. The molecule has 2 N–H and O–H groups in total. The Bertz CT molecular complexity index is 1020. The molecule has 0 aliphatic carbocycles. The molecule has 0 spiro atoms. The Morgan fingerprint density at radius 1 is 0.833 bits per heavy atom. The summed E-state index contributed by atoms with van der Waals surface area (Å²) in [5, 5.41) is 0. The van der Waals surface area contributed by atoms with Gasteiger partial charge < -0.3 is 10.2 Å². The van der Waals surface area contributed by atoms with Gasteiger partial charge in [-0.1, -0.05) is 42.5 Å². The van der Waals surface area contributed by atoms with Crippen LogP contribution in [0.25, 0.3) is 33.7 Å². The van der Waals surface area contributed by atoms with Crippen LogP contribution in [-0.4, -0.2) is 4.98 Å². The number of halogens is 2. The van der Waals surface area contributed by atoms with Crippen molar-refractivity contribution in [2.24, 2.45) is 0 Å². The second-order valence-corrected chi connectivity index (χ2v) is 7.04. The highest BCUT2D eigenvalue weighted by molar-refractivity contribution is 9.11. The van der Waals surface area contributed by atoms with Gasteiger partial charge in [-0.2, -0.15) is 0 Å². The van der Waals surface area contributed by atoms with Crippen LogP contribution in [0.2, 0.25) is 0 Å². The second-order valence-electron chi connectivity index (χ2n) is 5.40. The molecule has 1 aromatic heterocycles. The van der Waals surface area contributed by atoms with Crippen molar-refractivity contribution in [3.8, 4) is 22.6 Å². The van der Waals surface area contributed by atoms with E-state index in [9.17, 15) is 0 Å². The van der Waals surface area contributed by atoms with E-state index in [-0.39, 0.29) is 0 Å². The zero-order chi connectivity index (χ0) is 16.7. The van der Waals surface area contributed by atoms with Crippen LogP contribution in [0.15, 0.2) is 74.0 Å². The fourth-order valence-electron chi connectivity index (χ4n) is 2.57. The molecule has 4 rings (SSSR count). The summed E-state index contributed by atoms with van der Waals surface area (Å²) in [6.07, 6.45) is 0. The first-order valence-electron chi connectivity index (χ1n) is 7.33. The number of rotatable bonds is 2. The Morgan fingerprint density at radius 2 is 1.46 bits per heavy atom. The van der Waals surface area contributed by atoms with E-state index < -0.39 is 0 Å². The summed E-state index contributed by atoms with van der Waals surface area (Å²) in [6.45, 7) is 0. The molecular weight excluding hydrogens is 432 g/mol. The highest BCUT2D eigenvalue weighted by atomic mass is 79.9. The lowest BCUT2D eigenvalue weighted by molar-refractivity contribution is 0.618. The molecule has 0 unspecified atom stereocenters. The van der Waals surface area contributed by atoms with Gasteiger partial charge in [-0.3, -0.25) is 0 Å². The molecule has 4 aromatic rings. The third kappa shape index (κ3) is 2.64. The van der Waals surface area contributed by atoms with E-state index in [1.54, 1.807) is 0 Å². The predicted molar refractivity (Wildman–Crippen MR) is 105 cm³/mol. The number of benzene rings is 3. The molecule has 5 heteroatoms. The minimum Gasteiger partial charge on any atom is -0.435 e. The Morgan fingerprint density at radius 3 is 2.17 bits per heavy atom. The largest absolute Gasteiger partial charge is 0.435 e. The van der Waals surface area contributed by atoms with Crippen molar-refractivity contribution in [2.45, 2.75) is 0 Å². The molecule has 0 radical (unpaired) electrons.